The van der Waals surface area contributed by atoms with E-state index >= 15 is 0 Å². The zero-order valence-corrected chi connectivity index (χ0v) is 25.8. The van der Waals surface area contributed by atoms with Crippen molar-refractivity contribution in [2.75, 3.05) is 25.1 Å². The SMILES string of the molecule is CC(=O)CC(=O)C(CO)C(CCO)CC1CC(=O)c2c(O)ccc(-c3ccc(NC(=O)C4CCCN4C(=O)C(F)(F)F)cc3)c2C1.O.[HH].[HH]. The van der Waals surface area contributed by atoms with E-state index in [2.05, 4.69) is 5.32 Å². The molecule has 0 saturated carbocycles. The summed E-state index contributed by atoms with van der Waals surface area (Å²) in [6.07, 6.45) is -4.13. The van der Waals surface area contributed by atoms with E-state index in [1.54, 1.807) is 30.3 Å². The fraction of sp³-hybridized carbons (Fsp3) is 0.485. The van der Waals surface area contributed by atoms with Crippen LogP contribution >= 0.6 is 0 Å². The number of benzene rings is 2. The summed E-state index contributed by atoms with van der Waals surface area (Å²) in [6, 6.07) is 8.20. The molecule has 2 aromatic rings. The summed E-state index contributed by atoms with van der Waals surface area (Å²) in [5.74, 6) is -5.68. The van der Waals surface area contributed by atoms with E-state index in [1.807, 2.05) is 0 Å². The highest BCUT2D eigenvalue weighted by atomic mass is 19.4. The summed E-state index contributed by atoms with van der Waals surface area (Å²) in [6.45, 7) is 0.359. The maximum Gasteiger partial charge on any atom is 0.471 e. The Morgan fingerprint density at radius 2 is 1.74 bits per heavy atom. The molecule has 11 nitrogen and oxygen atoms in total. The molecular weight excluding hydrogens is 625 g/mol. The molecule has 4 unspecified atom stereocenters. The highest BCUT2D eigenvalue weighted by molar-refractivity contribution is 6.03. The number of aliphatic hydroxyl groups is 2. The summed E-state index contributed by atoms with van der Waals surface area (Å²) in [4.78, 5) is 62.6. The van der Waals surface area contributed by atoms with Crippen LogP contribution in [0.2, 0.25) is 0 Å². The van der Waals surface area contributed by atoms with E-state index in [0.29, 0.717) is 40.1 Å². The Labute approximate surface area is 272 Å². The Balaban J connectivity index is 0.00000400. The van der Waals surface area contributed by atoms with Crippen molar-refractivity contribution in [3.63, 3.8) is 0 Å². The highest BCUT2D eigenvalue weighted by Crippen LogP contribution is 2.41. The summed E-state index contributed by atoms with van der Waals surface area (Å²) >= 11 is 0. The van der Waals surface area contributed by atoms with Crippen LogP contribution in [0.3, 0.4) is 0 Å². The number of phenols is 1. The van der Waals surface area contributed by atoms with Gasteiger partial charge in [-0.3, -0.25) is 24.0 Å². The van der Waals surface area contributed by atoms with Gasteiger partial charge < -0.3 is 31.0 Å². The van der Waals surface area contributed by atoms with Gasteiger partial charge >= 0.3 is 12.1 Å². The number of carbonyl (C=O) groups excluding carboxylic acids is 5. The van der Waals surface area contributed by atoms with Crippen LogP contribution in [0.25, 0.3) is 11.1 Å². The number of carbonyl (C=O) groups is 5. The number of aliphatic hydroxyl groups excluding tert-OH is 2. The molecule has 47 heavy (non-hydrogen) atoms. The average Bonchev–Trinajstić information content (AvgIpc) is 3.47. The molecule has 1 saturated heterocycles. The van der Waals surface area contributed by atoms with Crippen LogP contribution in [0.15, 0.2) is 36.4 Å². The third-order valence-corrected chi connectivity index (χ3v) is 8.80. The van der Waals surface area contributed by atoms with Crippen LogP contribution in [-0.2, 0) is 25.6 Å². The smallest absolute Gasteiger partial charge is 0.471 e. The first kappa shape index (κ1) is 37.3. The summed E-state index contributed by atoms with van der Waals surface area (Å²) in [5.41, 5.74) is 2.30. The summed E-state index contributed by atoms with van der Waals surface area (Å²) in [7, 11) is 0. The van der Waals surface area contributed by atoms with Gasteiger partial charge in [-0.2, -0.15) is 13.2 Å². The molecule has 6 N–H and O–H groups in total. The topological polar surface area (TPSA) is 193 Å². The van der Waals surface area contributed by atoms with Gasteiger partial charge in [0.05, 0.1) is 18.6 Å². The van der Waals surface area contributed by atoms with E-state index in [1.165, 1.54) is 13.0 Å². The number of nitrogens with one attached hydrogen (secondary N) is 1. The van der Waals surface area contributed by atoms with Crippen LogP contribution in [-0.4, -0.2) is 86.8 Å². The second kappa shape index (κ2) is 15.6. The van der Waals surface area contributed by atoms with Gasteiger partial charge in [0.25, 0.3) is 0 Å². The molecule has 4 rings (SSSR count). The van der Waals surface area contributed by atoms with Crippen molar-refractivity contribution in [3.05, 3.63) is 47.5 Å². The largest absolute Gasteiger partial charge is 0.507 e. The number of aromatic hydroxyl groups is 1. The minimum absolute atomic E-state index is 0. The van der Waals surface area contributed by atoms with Crippen molar-refractivity contribution in [1.82, 2.24) is 4.90 Å². The van der Waals surface area contributed by atoms with Gasteiger partial charge in [-0.1, -0.05) is 18.2 Å². The first-order valence-electron chi connectivity index (χ1n) is 15.2. The number of rotatable bonds is 12. The van der Waals surface area contributed by atoms with Gasteiger partial charge in [0.15, 0.2) is 5.78 Å². The highest BCUT2D eigenvalue weighted by Gasteiger charge is 2.47. The monoisotopic (exact) mass is 668 g/mol. The van der Waals surface area contributed by atoms with E-state index < -0.39 is 48.3 Å². The van der Waals surface area contributed by atoms with Crippen molar-refractivity contribution in [2.45, 2.75) is 64.1 Å². The van der Waals surface area contributed by atoms with Crippen LogP contribution < -0.4 is 5.32 Å². The lowest BCUT2D eigenvalue weighted by atomic mass is 9.72. The molecule has 2 aromatic carbocycles. The van der Waals surface area contributed by atoms with Gasteiger partial charge in [0, 0.05) is 34.0 Å². The minimum atomic E-state index is -5.08. The predicted octanol–water partition coefficient (Wildman–Crippen LogP) is 3.51. The third kappa shape index (κ3) is 8.62. The van der Waals surface area contributed by atoms with E-state index in [0.717, 1.165) is 0 Å². The van der Waals surface area contributed by atoms with Crippen LogP contribution in [0, 0.1) is 17.8 Å². The number of amides is 2. The lowest BCUT2D eigenvalue weighted by Gasteiger charge is -2.31. The molecule has 0 bridgehead atoms. The second-order valence-corrected chi connectivity index (χ2v) is 12.0. The normalized spacial score (nSPS) is 18.9. The molecule has 1 aliphatic heterocycles. The molecule has 2 aliphatic rings. The fourth-order valence-corrected chi connectivity index (χ4v) is 6.69. The fourth-order valence-electron chi connectivity index (χ4n) is 6.69. The lowest BCUT2D eigenvalue weighted by Crippen LogP contribution is -2.48. The molecule has 1 aliphatic carbocycles. The number of nitrogens with zero attached hydrogens (tertiary/aromatic N) is 1. The van der Waals surface area contributed by atoms with Gasteiger partial charge in [-0.05, 0) is 85.8 Å². The Hall–Kier alpha value is -4.14. The Morgan fingerprint density at radius 1 is 1.06 bits per heavy atom. The van der Waals surface area contributed by atoms with Gasteiger partial charge in [-0.15, -0.1) is 0 Å². The first-order valence-corrected chi connectivity index (χ1v) is 15.2. The summed E-state index contributed by atoms with van der Waals surface area (Å²) in [5, 5.41) is 32.8. The summed E-state index contributed by atoms with van der Waals surface area (Å²) < 4.78 is 38.9. The molecule has 0 aromatic heterocycles. The molecule has 0 spiro atoms. The van der Waals surface area contributed by atoms with E-state index in [4.69, 9.17) is 0 Å². The molecule has 0 radical (unpaired) electrons. The number of ketones is 3. The van der Waals surface area contributed by atoms with Gasteiger partial charge in [-0.25, -0.2) is 0 Å². The number of anilines is 1. The van der Waals surface area contributed by atoms with E-state index in [9.17, 15) is 52.5 Å². The Morgan fingerprint density at radius 3 is 2.34 bits per heavy atom. The quantitative estimate of drug-likeness (QED) is 0.247. The van der Waals surface area contributed by atoms with Crippen molar-refractivity contribution in [2.24, 2.45) is 17.8 Å². The first-order chi connectivity index (χ1) is 21.7. The number of likely N-dealkylation sites (tertiary alicyclic amines) is 1. The number of phenolic OH excluding ortho intramolecular Hbond substituents is 1. The third-order valence-electron chi connectivity index (χ3n) is 8.80. The van der Waals surface area contributed by atoms with Crippen LogP contribution in [0.1, 0.15) is 64.2 Å². The molecule has 1 heterocycles. The number of alkyl halides is 3. The standard InChI is InChI=1S/C33H37F3N2O8.H2O.2H2/c1-18(41)13-28(43)25(17-40)21(10-12-39)14-19-15-24-23(8-9-27(42)30(24)29(44)16-19)20-4-6-22(7-5-20)37-31(45)26-3-2-11-38(26)32(46)33(34,35)36;;;/h4-9,19,21,25-26,39-40,42H,2-3,10-17H2,1H3,(H,37,45);1H2;2*1H. The van der Waals surface area contributed by atoms with Crippen LogP contribution in [0.5, 0.6) is 5.75 Å². The lowest BCUT2D eigenvalue weighted by molar-refractivity contribution is -0.186. The molecular formula is C33H43F3N2O9. The number of Topliss-reactive ketones (excluding diaryl/α,β-unsaturated/α-hetero) is 3. The van der Waals surface area contributed by atoms with Crippen molar-refractivity contribution < 1.29 is 60.8 Å². The molecule has 2 amide bonds. The number of fused-ring (bicyclic) bond motifs is 1. The zero-order valence-electron chi connectivity index (χ0n) is 25.8. The molecule has 4 atom stereocenters. The minimum Gasteiger partial charge on any atom is -0.507 e. The number of hydrogen-bond donors (Lipinski definition) is 4. The molecule has 260 valence electrons. The van der Waals surface area contributed by atoms with Crippen molar-refractivity contribution in [1.29, 1.82) is 0 Å². The van der Waals surface area contributed by atoms with E-state index in [-0.39, 0.29) is 82.4 Å². The maximum atomic E-state index is 13.3. The Kier molecular flexibility index (Phi) is 12.4. The second-order valence-electron chi connectivity index (χ2n) is 12.0. The van der Waals surface area contributed by atoms with Crippen molar-refractivity contribution >= 4 is 34.9 Å². The number of halogens is 3. The van der Waals surface area contributed by atoms with Gasteiger partial charge in [0.1, 0.15) is 23.4 Å². The molecule has 1 fully saturated rings. The predicted molar refractivity (Wildman–Crippen MR) is 168 cm³/mol. The maximum absolute atomic E-state index is 13.3. The number of hydrogen-bond acceptors (Lipinski definition) is 8. The van der Waals surface area contributed by atoms with Crippen LogP contribution in [0.4, 0.5) is 18.9 Å². The Bertz CT molecular complexity index is 1510. The average molecular weight is 669 g/mol. The van der Waals surface area contributed by atoms with Crippen molar-refractivity contribution in [3.8, 4) is 16.9 Å². The zero-order chi connectivity index (χ0) is 33.8. The van der Waals surface area contributed by atoms with Gasteiger partial charge in [0.2, 0.25) is 5.91 Å². The molecule has 14 heteroatoms.